The molecule has 1 saturated heterocycles. The largest absolute Gasteiger partial charge is 0.497 e. The van der Waals surface area contributed by atoms with Gasteiger partial charge in [-0.3, -0.25) is 0 Å². The van der Waals surface area contributed by atoms with Crippen LogP contribution in [0.15, 0.2) is 64.2 Å². The predicted octanol–water partition coefficient (Wildman–Crippen LogP) is 4.70. The first-order valence-corrected chi connectivity index (χ1v) is 13.1. The highest BCUT2D eigenvalue weighted by atomic mass is 32.2. The number of methoxy groups -OCH3 is 1. The van der Waals surface area contributed by atoms with Crippen molar-refractivity contribution in [2.45, 2.75) is 22.9 Å². The van der Waals surface area contributed by atoms with Crippen LogP contribution in [0.4, 0.5) is 18.9 Å². The highest BCUT2D eigenvalue weighted by Crippen LogP contribution is 2.42. The van der Waals surface area contributed by atoms with Crippen LogP contribution in [0.25, 0.3) is 11.1 Å². The molecule has 188 valence electrons. The van der Waals surface area contributed by atoms with E-state index in [-0.39, 0.29) is 22.9 Å². The summed E-state index contributed by atoms with van der Waals surface area (Å²) in [7, 11) is -2.09. The van der Waals surface area contributed by atoms with Crippen LogP contribution < -0.4 is 9.64 Å². The van der Waals surface area contributed by atoms with Crippen molar-refractivity contribution < 1.29 is 31.4 Å². The first-order chi connectivity index (χ1) is 16.4. The molecule has 0 amide bonds. The number of rotatable bonds is 6. The van der Waals surface area contributed by atoms with E-state index in [2.05, 4.69) is 0 Å². The van der Waals surface area contributed by atoms with Crippen molar-refractivity contribution in [1.29, 1.82) is 0 Å². The molecule has 6 nitrogen and oxygen atoms in total. The number of benzene rings is 2. The fourth-order valence-electron chi connectivity index (χ4n) is 4.01. The number of anilines is 1. The number of nitrogens with zero attached hydrogens (tertiary/aromatic N) is 2. The van der Waals surface area contributed by atoms with E-state index >= 15 is 0 Å². The van der Waals surface area contributed by atoms with Gasteiger partial charge in [0.2, 0.25) is 0 Å². The lowest BCUT2D eigenvalue weighted by atomic mass is 9.90. The van der Waals surface area contributed by atoms with Crippen molar-refractivity contribution in [3.8, 4) is 16.9 Å². The van der Waals surface area contributed by atoms with Gasteiger partial charge in [0.1, 0.15) is 9.96 Å². The molecule has 3 aromatic rings. The lowest BCUT2D eigenvalue weighted by Crippen LogP contribution is -2.48. The molecule has 0 bridgehead atoms. The molecule has 1 N–H and O–H groups in total. The van der Waals surface area contributed by atoms with Gasteiger partial charge in [-0.2, -0.15) is 17.5 Å². The number of piperazine rings is 1. The highest BCUT2D eigenvalue weighted by Gasteiger charge is 2.51. The molecule has 0 saturated carbocycles. The van der Waals surface area contributed by atoms with Crippen LogP contribution in [0.5, 0.6) is 5.75 Å². The molecule has 4 rings (SSSR count). The van der Waals surface area contributed by atoms with E-state index in [9.17, 15) is 26.7 Å². The maximum absolute atomic E-state index is 13.6. The molecule has 2 aromatic carbocycles. The molecule has 1 atom stereocenters. The molecule has 1 aliphatic rings. The Morgan fingerprint density at radius 3 is 2.31 bits per heavy atom. The molecule has 0 aliphatic carbocycles. The molecule has 1 aromatic heterocycles. The van der Waals surface area contributed by atoms with Gasteiger partial charge >= 0.3 is 6.18 Å². The minimum atomic E-state index is -4.86. The van der Waals surface area contributed by atoms with Gasteiger partial charge in [0.05, 0.1) is 7.11 Å². The van der Waals surface area contributed by atoms with Gasteiger partial charge in [-0.25, -0.2) is 8.42 Å². The van der Waals surface area contributed by atoms with E-state index in [1.165, 1.54) is 23.5 Å². The number of halogens is 3. The molecule has 0 spiro atoms. The van der Waals surface area contributed by atoms with Gasteiger partial charge in [-0.05, 0) is 53.8 Å². The molecule has 2 heterocycles. The summed E-state index contributed by atoms with van der Waals surface area (Å²) in [6.07, 6.45) is -4.86. The smallest absolute Gasteiger partial charge is 0.421 e. The summed E-state index contributed by atoms with van der Waals surface area (Å²) in [6, 6.07) is 14.3. The van der Waals surface area contributed by atoms with E-state index in [0.29, 0.717) is 35.7 Å². The second kappa shape index (κ2) is 9.45. The van der Waals surface area contributed by atoms with Crippen LogP contribution in [-0.4, -0.2) is 57.3 Å². The van der Waals surface area contributed by atoms with Crippen LogP contribution in [0.1, 0.15) is 12.5 Å². The molecule has 11 heteroatoms. The molecule has 1 fully saturated rings. The first-order valence-electron chi connectivity index (χ1n) is 10.8. The maximum atomic E-state index is 13.6. The second-order valence-corrected chi connectivity index (χ2v) is 11.5. The van der Waals surface area contributed by atoms with Crippen LogP contribution in [0.2, 0.25) is 0 Å². The number of ether oxygens (including phenoxy) is 1. The number of aliphatic hydroxyl groups is 1. The zero-order valence-electron chi connectivity index (χ0n) is 19.1. The highest BCUT2D eigenvalue weighted by molar-refractivity contribution is 7.91. The average molecular weight is 527 g/mol. The summed E-state index contributed by atoms with van der Waals surface area (Å²) in [5.41, 5.74) is -1.57. The zero-order valence-corrected chi connectivity index (χ0v) is 20.8. The monoisotopic (exact) mass is 526 g/mol. The van der Waals surface area contributed by atoms with Gasteiger partial charge in [0, 0.05) is 37.4 Å². The topological polar surface area (TPSA) is 70.1 Å². The summed E-state index contributed by atoms with van der Waals surface area (Å²) in [5, 5.41) is 12.0. The molecule has 1 aliphatic heterocycles. The Morgan fingerprint density at radius 1 is 1.00 bits per heavy atom. The van der Waals surface area contributed by atoms with Crippen LogP contribution in [-0.2, 0) is 15.6 Å². The number of hydrogen-bond acceptors (Lipinski definition) is 6. The second-order valence-electron chi connectivity index (χ2n) is 8.36. The first kappa shape index (κ1) is 25.5. The van der Waals surface area contributed by atoms with Crippen molar-refractivity contribution in [2.24, 2.45) is 0 Å². The third-order valence-corrected chi connectivity index (χ3v) is 9.43. The van der Waals surface area contributed by atoms with Gasteiger partial charge < -0.3 is 14.7 Å². The Kier molecular flexibility index (Phi) is 6.89. The Morgan fingerprint density at radius 2 is 1.71 bits per heavy atom. The number of alkyl halides is 3. The minimum Gasteiger partial charge on any atom is -0.497 e. The van der Waals surface area contributed by atoms with Crippen LogP contribution in [0, 0.1) is 0 Å². The van der Waals surface area contributed by atoms with Crippen molar-refractivity contribution in [2.75, 3.05) is 38.2 Å². The SMILES string of the molecule is COc1cccc(-c2cc(C(C)(O)C(F)(F)F)ccc2N2CCN(S(=O)(=O)c3cccs3)CC2)c1. The lowest BCUT2D eigenvalue weighted by molar-refractivity contribution is -0.258. The predicted molar refractivity (Wildman–Crippen MR) is 129 cm³/mol. The van der Waals surface area contributed by atoms with Crippen LogP contribution in [0.3, 0.4) is 0 Å². The summed E-state index contributed by atoms with van der Waals surface area (Å²) < 4.78 is 73.4. The van der Waals surface area contributed by atoms with E-state index in [1.807, 2.05) is 4.90 Å². The molecule has 0 radical (unpaired) electrons. The maximum Gasteiger partial charge on any atom is 0.421 e. The Hall–Kier alpha value is -2.60. The lowest BCUT2D eigenvalue weighted by Gasteiger charge is -2.37. The van der Waals surface area contributed by atoms with Crippen molar-refractivity contribution in [3.05, 3.63) is 65.5 Å². The quantitative estimate of drug-likeness (QED) is 0.504. The summed E-state index contributed by atoms with van der Waals surface area (Å²) in [4.78, 5) is 1.95. The summed E-state index contributed by atoms with van der Waals surface area (Å²) in [5.74, 6) is 0.535. The minimum absolute atomic E-state index is 0.236. The van der Waals surface area contributed by atoms with Crippen LogP contribution >= 0.6 is 11.3 Å². The standard InChI is InChI=1S/C24H25F3N2O4S2/c1-23(30,24(25,26)27)18-8-9-21(20(16-18)17-5-3-6-19(15-17)33-2)28-10-12-29(13-11-28)35(31,32)22-7-4-14-34-22/h3-9,14-16,30H,10-13H2,1-2H3. The molecular formula is C24H25F3N2O4S2. The number of sulfonamides is 1. The van der Waals surface area contributed by atoms with Gasteiger partial charge in [-0.1, -0.05) is 24.3 Å². The third kappa shape index (κ3) is 4.90. The van der Waals surface area contributed by atoms with E-state index in [4.69, 9.17) is 4.74 Å². The van der Waals surface area contributed by atoms with Crippen molar-refractivity contribution in [3.63, 3.8) is 0 Å². The number of hydrogen-bond donors (Lipinski definition) is 1. The van der Waals surface area contributed by atoms with Gasteiger partial charge in [0.25, 0.3) is 10.0 Å². The third-order valence-electron chi connectivity index (χ3n) is 6.16. The van der Waals surface area contributed by atoms with Crippen molar-refractivity contribution in [1.82, 2.24) is 4.31 Å². The Bertz CT molecular complexity index is 1280. The van der Waals surface area contributed by atoms with E-state index < -0.39 is 21.8 Å². The molecule has 35 heavy (non-hydrogen) atoms. The fourth-order valence-corrected chi connectivity index (χ4v) is 6.57. The normalized spacial score (nSPS) is 17.3. The van der Waals surface area contributed by atoms with Gasteiger partial charge in [0.15, 0.2) is 5.60 Å². The average Bonchev–Trinajstić information content (AvgIpc) is 3.39. The number of thiophene rings is 1. The van der Waals surface area contributed by atoms with Crippen molar-refractivity contribution >= 4 is 27.0 Å². The molecular weight excluding hydrogens is 501 g/mol. The summed E-state index contributed by atoms with van der Waals surface area (Å²) in [6.45, 7) is 1.92. The van der Waals surface area contributed by atoms with E-state index in [1.54, 1.807) is 47.8 Å². The molecule has 1 unspecified atom stereocenters. The Labute approximate surface area is 206 Å². The summed E-state index contributed by atoms with van der Waals surface area (Å²) >= 11 is 1.16. The Balaban J connectivity index is 1.69. The van der Waals surface area contributed by atoms with E-state index in [0.717, 1.165) is 18.3 Å². The fraction of sp³-hybridized carbons (Fsp3) is 0.333. The zero-order chi connectivity index (χ0) is 25.4. The van der Waals surface area contributed by atoms with Gasteiger partial charge in [-0.15, -0.1) is 11.3 Å².